The van der Waals surface area contributed by atoms with Gasteiger partial charge in [0.1, 0.15) is 5.76 Å². The van der Waals surface area contributed by atoms with E-state index in [1.165, 1.54) is 0 Å². The number of furan rings is 1. The van der Waals surface area contributed by atoms with Crippen LogP contribution in [0.25, 0.3) is 11.5 Å². The van der Waals surface area contributed by atoms with Gasteiger partial charge in [-0.25, -0.2) is 4.98 Å². The highest BCUT2D eigenvalue weighted by molar-refractivity contribution is 7.99. The van der Waals surface area contributed by atoms with E-state index in [0.29, 0.717) is 22.6 Å². The second kappa shape index (κ2) is 6.84. The van der Waals surface area contributed by atoms with Crippen molar-refractivity contribution in [1.82, 2.24) is 15.2 Å². The lowest BCUT2D eigenvalue weighted by atomic mass is 10.3. The summed E-state index contributed by atoms with van der Waals surface area (Å²) in [5.74, 6) is 0.907. The lowest BCUT2D eigenvalue weighted by Crippen LogP contribution is -2.14. The van der Waals surface area contributed by atoms with Gasteiger partial charge in [0.15, 0.2) is 5.15 Å². The molecule has 0 radical (unpaired) electrons. The molecule has 0 aromatic carbocycles. The van der Waals surface area contributed by atoms with E-state index in [0.717, 1.165) is 17.3 Å². The summed E-state index contributed by atoms with van der Waals surface area (Å²) in [4.78, 5) is 15.8. The van der Waals surface area contributed by atoms with Crippen LogP contribution in [-0.4, -0.2) is 26.8 Å². The Morgan fingerprint density at radius 2 is 2.26 bits per heavy atom. The molecule has 9 heteroatoms. The fourth-order valence-electron chi connectivity index (χ4n) is 1.78. The number of amides is 1. The van der Waals surface area contributed by atoms with Crippen molar-refractivity contribution in [3.05, 3.63) is 41.6 Å². The maximum Gasteiger partial charge on any atom is 0.277 e. The van der Waals surface area contributed by atoms with Gasteiger partial charge in [0.2, 0.25) is 5.91 Å². The molecule has 0 spiro atoms. The van der Waals surface area contributed by atoms with Crippen LogP contribution in [0.2, 0.25) is 5.15 Å². The number of hydrogen-bond donors (Lipinski definition) is 1. The summed E-state index contributed by atoms with van der Waals surface area (Å²) in [5, 5.41) is 11.0. The minimum absolute atomic E-state index is 0.108. The van der Waals surface area contributed by atoms with Crippen molar-refractivity contribution in [1.29, 1.82) is 0 Å². The zero-order valence-electron chi connectivity index (χ0n) is 11.9. The smallest absolute Gasteiger partial charge is 0.277 e. The minimum Gasteiger partial charge on any atom is -0.469 e. The van der Waals surface area contributed by atoms with Crippen molar-refractivity contribution in [2.45, 2.75) is 12.1 Å². The Hall–Kier alpha value is -2.32. The highest BCUT2D eigenvalue weighted by atomic mass is 35.5. The predicted molar refractivity (Wildman–Crippen MR) is 85.3 cm³/mol. The van der Waals surface area contributed by atoms with Crippen LogP contribution in [0.5, 0.6) is 0 Å². The number of aromatic nitrogens is 3. The molecule has 0 aliphatic rings. The average molecular weight is 351 g/mol. The number of nitrogens with zero attached hydrogens (tertiary/aromatic N) is 3. The van der Waals surface area contributed by atoms with E-state index in [1.807, 2.05) is 0 Å². The molecule has 3 aromatic rings. The zero-order chi connectivity index (χ0) is 16.2. The summed E-state index contributed by atoms with van der Waals surface area (Å²) in [7, 11) is 0. The Labute approximate surface area is 140 Å². The second-order valence-corrected chi connectivity index (χ2v) is 5.73. The molecule has 0 fully saturated rings. The van der Waals surface area contributed by atoms with E-state index < -0.39 is 0 Å². The number of thioether (sulfide) groups is 1. The van der Waals surface area contributed by atoms with Crippen LogP contribution >= 0.6 is 23.4 Å². The third-order valence-electron chi connectivity index (χ3n) is 2.86. The first-order valence-corrected chi connectivity index (χ1v) is 7.91. The molecule has 0 atom stereocenters. The standard InChI is InChI=1S/C14H11ClN4O3S/c1-8-9(4-6-21-8)13-18-19-14(22-13)23-7-11(20)17-10-3-2-5-16-12(10)15/h2-6H,7H2,1H3,(H,17,20). The molecule has 0 aliphatic carbocycles. The maximum absolute atomic E-state index is 11.9. The fourth-order valence-corrected chi connectivity index (χ4v) is 2.51. The molecule has 0 saturated carbocycles. The monoisotopic (exact) mass is 350 g/mol. The maximum atomic E-state index is 11.9. The van der Waals surface area contributed by atoms with Crippen molar-refractivity contribution in [2.75, 3.05) is 11.1 Å². The van der Waals surface area contributed by atoms with Gasteiger partial charge in [-0.05, 0) is 25.1 Å². The van der Waals surface area contributed by atoms with E-state index in [9.17, 15) is 4.79 Å². The quantitative estimate of drug-likeness (QED) is 0.556. The summed E-state index contributed by atoms with van der Waals surface area (Å²) in [5.41, 5.74) is 1.19. The molecule has 7 nitrogen and oxygen atoms in total. The van der Waals surface area contributed by atoms with Crippen molar-refractivity contribution in [3.63, 3.8) is 0 Å². The summed E-state index contributed by atoms with van der Waals surface area (Å²) in [6, 6.07) is 5.10. The summed E-state index contributed by atoms with van der Waals surface area (Å²) >= 11 is 7.01. The molecular formula is C14H11ClN4O3S. The van der Waals surface area contributed by atoms with Crippen LogP contribution in [0.15, 0.2) is 44.7 Å². The number of carbonyl (C=O) groups is 1. The molecule has 1 N–H and O–H groups in total. The van der Waals surface area contributed by atoms with Crippen LogP contribution in [0, 0.1) is 6.92 Å². The number of hydrogen-bond acceptors (Lipinski definition) is 7. The van der Waals surface area contributed by atoms with Gasteiger partial charge in [0.05, 0.1) is 23.3 Å². The number of rotatable bonds is 5. The number of carbonyl (C=O) groups excluding carboxylic acids is 1. The summed E-state index contributed by atoms with van der Waals surface area (Å²) in [6.45, 7) is 1.80. The summed E-state index contributed by atoms with van der Waals surface area (Å²) in [6.07, 6.45) is 3.09. The first kappa shape index (κ1) is 15.6. The molecule has 118 valence electrons. The SMILES string of the molecule is Cc1occc1-c1nnc(SCC(=O)Nc2cccnc2Cl)o1. The number of aryl methyl sites for hydroxylation is 1. The minimum atomic E-state index is -0.246. The first-order chi connectivity index (χ1) is 11.1. The largest absolute Gasteiger partial charge is 0.469 e. The second-order valence-electron chi connectivity index (χ2n) is 4.44. The molecule has 0 bridgehead atoms. The van der Waals surface area contributed by atoms with Gasteiger partial charge in [-0.2, -0.15) is 0 Å². The van der Waals surface area contributed by atoms with Crippen molar-refractivity contribution < 1.29 is 13.6 Å². The molecule has 0 aliphatic heterocycles. The highest BCUT2D eigenvalue weighted by Crippen LogP contribution is 2.26. The third kappa shape index (κ3) is 3.72. The molecule has 3 heterocycles. The number of halogens is 1. The Balaban J connectivity index is 1.59. The molecule has 3 aromatic heterocycles. The third-order valence-corrected chi connectivity index (χ3v) is 3.98. The van der Waals surface area contributed by atoms with Gasteiger partial charge >= 0.3 is 0 Å². The fraction of sp³-hybridized carbons (Fsp3) is 0.143. The average Bonchev–Trinajstić information content (AvgIpc) is 3.16. The number of nitrogens with one attached hydrogen (secondary N) is 1. The van der Waals surface area contributed by atoms with Crippen LogP contribution in [0.4, 0.5) is 5.69 Å². The Kier molecular flexibility index (Phi) is 4.63. The van der Waals surface area contributed by atoms with E-state index in [4.69, 9.17) is 20.4 Å². The zero-order valence-corrected chi connectivity index (χ0v) is 13.5. The lowest BCUT2D eigenvalue weighted by molar-refractivity contribution is -0.113. The topological polar surface area (TPSA) is 94.0 Å². The van der Waals surface area contributed by atoms with Gasteiger partial charge in [-0.3, -0.25) is 4.79 Å². The van der Waals surface area contributed by atoms with Gasteiger partial charge in [0.25, 0.3) is 11.1 Å². The molecule has 0 unspecified atom stereocenters. The van der Waals surface area contributed by atoms with Crippen molar-refractivity contribution >= 4 is 35.0 Å². The van der Waals surface area contributed by atoms with E-state index in [1.54, 1.807) is 37.6 Å². The molecule has 1 amide bonds. The van der Waals surface area contributed by atoms with Crippen LogP contribution in [-0.2, 0) is 4.79 Å². The van der Waals surface area contributed by atoms with Gasteiger partial charge in [-0.15, -0.1) is 10.2 Å². The Bertz CT molecular complexity index is 833. The normalized spacial score (nSPS) is 10.7. The molecule has 23 heavy (non-hydrogen) atoms. The van der Waals surface area contributed by atoms with Gasteiger partial charge < -0.3 is 14.2 Å². The van der Waals surface area contributed by atoms with Crippen molar-refractivity contribution in [2.24, 2.45) is 0 Å². The lowest BCUT2D eigenvalue weighted by Gasteiger charge is -2.04. The van der Waals surface area contributed by atoms with Crippen LogP contribution < -0.4 is 5.32 Å². The van der Waals surface area contributed by atoms with Crippen LogP contribution in [0.1, 0.15) is 5.76 Å². The Morgan fingerprint density at radius 3 is 3.00 bits per heavy atom. The first-order valence-electron chi connectivity index (χ1n) is 6.54. The number of anilines is 1. The van der Waals surface area contributed by atoms with E-state index in [2.05, 4.69) is 20.5 Å². The van der Waals surface area contributed by atoms with E-state index >= 15 is 0 Å². The predicted octanol–water partition coefficient (Wildman–Crippen LogP) is 3.42. The summed E-state index contributed by atoms with van der Waals surface area (Å²) < 4.78 is 10.7. The van der Waals surface area contributed by atoms with Gasteiger partial charge in [0, 0.05) is 6.20 Å². The van der Waals surface area contributed by atoms with Crippen molar-refractivity contribution in [3.8, 4) is 11.5 Å². The Morgan fingerprint density at radius 1 is 1.39 bits per heavy atom. The van der Waals surface area contributed by atoms with Crippen LogP contribution in [0.3, 0.4) is 0 Å². The van der Waals surface area contributed by atoms with Gasteiger partial charge in [-0.1, -0.05) is 23.4 Å². The van der Waals surface area contributed by atoms with E-state index in [-0.39, 0.29) is 16.8 Å². The highest BCUT2D eigenvalue weighted by Gasteiger charge is 2.14. The molecular weight excluding hydrogens is 340 g/mol. The number of pyridine rings is 1. The molecule has 0 saturated heterocycles. The molecule has 3 rings (SSSR count).